The maximum Gasteiger partial charge on any atom is 0.265 e. The molecule has 0 saturated heterocycles. The Bertz CT molecular complexity index is 799. The minimum absolute atomic E-state index is 0.370. The molecule has 0 fully saturated rings. The maximum absolute atomic E-state index is 13.0. The van der Waals surface area contributed by atoms with Crippen LogP contribution in [0.3, 0.4) is 0 Å². The minimum Gasteiger partial charge on any atom is -0.398 e. The number of fused-ring (bicyclic) bond motifs is 1. The quantitative estimate of drug-likeness (QED) is 0.802. The maximum atomic E-state index is 13.0. The molecule has 1 aliphatic rings. The van der Waals surface area contributed by atoms with Crippen LogP contribution in [0.2, 0.25) is 0 Å². The zero-order chi connectivity index (χ0) is 15.2. The van der Waals surface area contributed by atoms with Gasteiger partial charge >= 0.3 is 0 Å². The van der Waals surface area contributed by atoms with Gasteiger partial charge in [-0.2, -0.15) is 0 Å². The first-order valence-electron chi connectivity index (χ1n) is 6.57. The fourth-order valence-electron chi connectivity index (χ4n) is 2.67. The molecule has 1 aromatic heterocycles. The average Bonchev–Trinajstić information content (AvgIpc) is 2.78. The first-order chi connectivity index (χ1) is 9.91. The Kier molecular flexibility index (Phi) is 3.75. The van der Waals surface area contributed by atoms with Gasteiger partial charge in [-0.3, -0.25) is 4.31 Å². The summed E-state index contributed by atoms with van der Waals surface area (Å²) in [4.78, 5) is 1.16. The SMILES string of the molecule is Cc1sc(Br)cc1S(=O)(=O)N1CCCc2c(N)cccc21. The van der Waals surface area contributed by atoms with E-state index in [4.69, 9.17) is 5.73 Å². The number of nitrogens with two attached hydrogens (primary N) is 1. The van der Waals surface area contributed by atoms with E-state index >= 15 is 0 Å². The molecule has 1 aromatic carbocycles. The van der Waals surface area contributed by atoms with Crippen molar-refractivity contribution in [2.24, 2.45) is 0 Å². The van der Waals surface area contributed by atoms with Gasteiger partial charge in [0.25, 0.3) is 10.0 Å². The highest BCUT2D eigenvalue weighted by Gasteiger charge is 2.31. The molecule has 112 valence electrons. The van der Waals surface area contributed by atoms with Gasteiger partial charge in [-0.1, -0.05) is 6.07 Å². The lowest BCUT2D eigenvalue weighted by atomic mass is 10.0. The highest BCUT2D eigenvalue weighted by Crippen LogP contribution is 2.38. The van der Waals surface area contributed by atoms with E-state index in [1.165, 1.54) is 15.6 Å². The van der Waals surface area contributed by atoms with Crippen molar-refractivity contribution < 1.29 is 8.42 Å². The molecule has 4 nitrogen and oxygen atoms in total. The molecular formula is C14H15BrN2O2S2. The summed E-state index contributed by atoms with van der Waals surface area (Å²) in [7, 11) is -3.54. The third-order valence-electron chi connectivity index (χ3n) is 3.65. The minimum atomic E-state index is -3.54. The largest absolute Gasteiger partial charge is 0.398 e. The lowest BCUT2D eigenvalue weighted by Gasteiger charge is -2.31. The molecule has 0 bridgehead atoms. The number of anilines is 2. The van der Waals surface area contributed by atoms with Gasteiger partial charge in [0.15, 0.2) is 0 Å². The molecule has 0 spiro atoms. The third-order valence-corrected chi connectivity index (χ3v) is 7.28. The van der Waals surface area contributed by atoms with Crippen molar-refractivity contribution in [3.05, 3.63) is 38.5 Å². The molecule has 0 saturated carbocycles. The van der Waals surface area contributed by atoms with E-state index in [2.05, 4.69) is 15.9 Å². The second-order valence-corrected chi connectivity index (χ2v) is 9.46. The van der Waals surface area contributed by atoms with Crippen LogP contribution in [0.1, 0.15) is 16.9 Å². The Labute approximate surface area is 136 Å². The van der Waals surface area contributed by atoms with Crippen LogP contribution in [0.15, 0.2) is 32.9 Å². The summed E-state index contributed by atoms with van der Waals surface area (Å²) < 4.78 is 28.2. The van der Waals surface area contributed by atoms with Crippen LogP contribution in [0.4, 0.5) is 11.4 Å². The van der Waals surface area contributed by atoms with Crippen LogP contribution in [0.25, 0.3) is 0 Å². The van der Waals surface area contributed by atoms with E-state index in [-0.39, 0.29) is 0 Å². The Morgan fingerprint density at radius 1 is 1.38 bits per heavy atom. The molecule has 0 atom stereocenters. The fourth-order valence-corrected chi connectivity index (χ4v) is 6.59. The molecule has 2 N–H and O–H groups in total. The number of nitrogen functional groups attached to an aromatic ring is 1. The van der Waals surface area contributed by atoms with E-state index in [1.807, 2.05) is 19.1 Å². The van der Waals surface area contributed by atoms with Crippen molar-refractivity contribution >= 4 is 48.7 Å². The smallest absolute Gasteiger partial charge is 0.265 e. The molecule has 7 heteroatoms. The molecule has 0 amide bonds. The average molecular weight is 387 g/mol. The Morgan fingerprint density at radius 3 is 2.81 bits per heavy atom. The summed E-state index contributed by atoms with van der Waals surface area (Å²) in [6.07, 6.45) is 1.60. The molecule has 0 unspecified atom stereocenters. The number of rotatable bonds is 2. The molecule has 2 heterocycles. The lowest BCUT2D eigenvalue weighted by molar-refractivity contribution is 0.586. The van der Waals surface area contributed by atoms with E-state index in [9.17, 15) is 8.42 Å². The van der Waals surface area contributed by atoms with Crippen molar-refractivity contribution in [3.8, 4) is 0 Å². The van der Waals surface area contributed by atoms with Crippen LogP contribution in [0, 0.1) is 6.92 Å². The van der Waals surface area contributed by atoms with Crippen molar-refractivity contribution in [1.82, 2.24) is 0 Å². The molecule has 1 aliphatic heterocycles. The normalized spacial score (nSPS) is 15.0. The second kappa shape index (κ2) is 5.30. The summed E-state index contributed by atoms with van der Waals surface area (Å²) in [6.45, 7) is 2.32. The van der Waals surface area contributed by atoms with Crippen LogP contribution < -0.4 is 10.0 Å². The summed E-state index contributed by atoms with van der Waals surface area (Å²) in [6, 6.07) is 7.13. The van der Waals surface area contributed by atoms with E-state index in [0.717, 1.165) is 27.1 Å². The van der Waals surface area contributed by atoms with Gasteiger partial charge in [-0.25, -0.2) is 8.42 Å². The fraction of sp³-hybridized carbons (Fsp3) is 0.286. The predicted octanol–water partition coefficient (Wildman–Crippen LogP) is 3.54. The van der Waals surface area contributed by atoms with Crippen LogP contribution in [-0.2, 0) is 16.4 Å². The molecule has 0 aliphatic carbocycles. The first kappa shape index (κ1) is 14.9. The molecule has 2 aromatic rings. The van der Waals surface area contributed by atoms with Gasteiger partial charge in [0, 0.05) is 17.1 Å². The van der Waals surface area contributed by atoms with Crippen molar-refractivity contribution in [1.29, 1.82) is 0 Å². The van der Waals surface area contributed by atoms with Crippen LogP contribution >= 0.6 is 27.3 Å². The monoisotopic (exact) mass is 386 g/mol. The molecule has 3 rings (SSSR count). The number of hydrogen-bond donors (Lipinski definition) is 1. The summed E-state index contributed by atoms with van der Waals surface area (Å²) in [5.74, 6) is 0. The number of sulfonamides is 1. The number of aryl methyl sites for hydroxylation is 1. The van der Waals surface area contributed by atoms with Gasteiger partial charge in [0.1, 0.15) is 4.90 Å². The van der Waals surface area contributed by atoms with E-state index < -0.39 is 10.0 Å². The van der Waals surface area contributed by atoms with Crippen LogP contribution in [0.5, 0.6) is 0 Å². The van der Waals surface area contributed by atoms with Crippen molar-refractivity contribution in [3.63, 3.8) is 0 Å². The second-order valence-electron chi connectivity index (χ2n) is 5.00. The predicted molar refractivity (Wildman–Crippen MR) is 90.5 cm³/mol. The third kappa shape index (κ3) is 2.47. The Morgan fingerprint density at radius 2 is 2.14 bits per heavy atom. The van der Waals surface area contributed by atoms with Crippen LogP contribution in [-0.4, -0.2) is 15.0 Å². The zero-order valence-corrected chi connectivity index (χ0v) is 14.7. The summed E-state index contributed by atoms with van der Waals surface area (Å²) in [5.41, 5.74) is 8.30. The number of halogens is 1. The summed E-state index contributed by atoms with van der Waals surface area (Å²) in [5, 5.41) is 0. The standard InChI is InChI=1S/C14H15BrN2O2S2/c1-9-13(8-14(15)20-9)21(18,19)17-7-3-4-10-11(16)5-2-6-12(10)17/h2,5-6,8H,3-4,7,16H2,1H3. The Hall–Kier alpha value is -1.05. The number of thiophene rings is 1. The summed E-state index contributed by atoms with van der Waals surface area (Å²) >= 11 is 4.79. The number of hydrogen-bond acceptors (Lipinski definition) is 4. The van der Waals surface area contributed by atoms with Gasteiger partial charge in [0.05, 0.1) is 9.47 Å². The first-order valence-corrected chi connectivity index (χ1v) is 9.62. The lowest BCUT2D eigenvalue weighted by Crippen LogP contribution is -2.35. The Balaban J connectivity index is 2.14. The highest BCUT2D eigenvalue weighted by atomic mass is 79.9. The van der Waals surface area contributed by atoms with E-state index in [0.29, 0.717) is 22.8 Å². The van der Waals surface area contributed by atoms with Gasteiger partial charge in [-0.05, 0) is 59.5 Å². The topological polar surface area (TPSA) is 63.4 Å². The van der Waals surface area contributed by atoms with Crippen molar-refractivity contribution in [2.75, 3.05) is 16.6 Å². The molecule has 21 heavy (non-hydrogen) atoms. The molecule has 0 radical (unpaired) electrons. The van der Waals surface area contributed by atoms with Gasteiger partial charge in [-0.15, -0.1) is 11.3 Å². The van der Waals surface area contributed by atoms with Gasteiger partial charge in [0.2, 0.25) is 0 Å². The number of benzene rings is 1. The highest BCUT2D eigenvalue weighted by molar-refractivity contribution is 9.11. The van der Waals surface area contributed by atoms with E-state index in [1.54, 1.807) is 12.1 Å². The van der Waals surface area contributed by atoms with Gasteiger partial charge < -0.3 is 5.73 Å². The zero-order valence-electron chi connectivity index (χ0n) is 11.5. The number of nitrogens with zero attached hydrogens (tertiary/aromatic N) is 1. The van der Waals surface area contributed by atoms with Crippen molar-refractivity contribution in [2.45, 2.75) is 24.7 Å². The molecular weight excluding hydrogens is 372 g/mol.